The Morgan fingerprint density at radius 1 is 0.660 bits per heavy atom. The van der Waals surface area contributed by atoms with Gasteiger partial charge in [-0.05, 0) is 44.9 Å². The molecular weight excluding hydrogens is 634 g/mol. The Morgan fingerprint density at radius 3 is 1.64 bits per heavy atom. The minimum atomic E-state index is -1.56. The first-order chi connectivity index (χ1) is 24.3. The fourth-order valence-corrected chi connectivity index (χ4v) is 6.38. The molecule has 7 atom stereocenters. The summed E-state index contributed by atoms with van der Waals surface area (Å²) >= 11 is 0. The Bertz CT molecular complexity index is 837. The third-order valence-electron chi connectivity index (χ3n) is 9.77. The monoisotopic (exact) mass is 712 g/mol. The van der Waals surface area contributed by atoms with E-state index in [4.69, 9.17) is 9.47 Å². The summed E-state index contributed by atoms with van der Waals surface area (Å²) in [4.78, 5) is 12.9. The van der Waals surface area contributed by atoms with Gasteiger partial charge in [0.15, 0.2) is 6.29 Å². The summed E-state index contributed by atoms with van der Waals surface area (Å²) < 4.78 is 11.2. The summed E-state index contributed by atoms with van der Waals surface area (Å²) in [5, 5.41) is 54.0. The van der Waals surface area contributed by atoms with Crippen molar-refractivity contribution in [2.24, 2.45) is 0 Å². The van der Waals surface area contributed by atoms with Crippen molar-refractivity contribution in [3.63, 3.8) is 0 Å². The predicted octanol–water partition coefficient (Wildman–Crippen LogP) is 7.55. The minimum Gasteiger partial charge on any atom is -0.394 e. The van der Waals surface area contributed by atoms with Crippen molar-refractivity contribution in [1.82, 2.24) is 5.32 Å². The highest BCUT2D eigenvalue weighted by Gasteiger charge is 2.44. The van der Waals surface area contributed by atoms with Crippen LogP contribution in [0.3, 0.4) is 0 Å². The molecule has 0 bridgehead atoms. The molecule has 0 aromatic heterocycles. The second-order valence-electron chi connectivity index (χ2n) is 14.4. The molecule has 6 N–H and O–H groups in total. The molecule has 294 valence electrons. The zero-order valence-electron chi connectivity index (χ0n) is 31.9. The normalized spacial score (nSPS) is 22.4. The van der Waals surface area contributed by atoms with Crippen LogP contribution in [0.25, 0.3) is 0 Å². The summed E-state index contributed by atoms with van der Waals surface area (Å²) in [6.07, 6.45) is 29.3. The number of rotatable bonds is 33. The molecule has 1 rings (SSSR count). The van der Waals surface area contributed by atoms with E-state index < -0.39 is 49.5 Å². The van der Waals surface area contributed by atoms with Crippen LogP contribution in [0, 0.1) is 0 Å². The summed E-state index contributed by atoms with van der Waals surface area (Å²) in [6, 6.07) is -0.804. The molecular formula is C41H77NO8. The third kappa shape index (κ3) is 23.3. The van der Waals surface area contributed by atoms with Crippen molar-refractivity contribution in [1.29, 1.82) is 0 Å². The number of aliphatic hydroxyl groups excluding tert-OH is 5. The van der Waals surface area contributed by atoms with Gasteiger partial charge in [0.05, 0.1) is 25.4 Å². The van der Waals surface area contributed by atoms with Gasteiger partial charge in [-0.1, -0.05) is 147 Å². The predicted molar refractivity (Wildman–Crippen MR) is 203 cm³/mol. The Kier molecular flexibility index (Phi) is 30.2. The van der Waals surface area contributed by atoms with Crippen LogP contribution in [0.4, 0.5) is 0 Å². The van der Waals surface area contributed by atoms with Gasteiger partial charge >= 0.3 is 0 Å². The third-order valence-corrected chi connectivity index (χ3v) is 9.77. The number of aliphatic hydroxyl groups is 5. The van der Waals surface area contributed by atoms with Crippen molar-refractivity contribution < 1.29 is 39.8 Å². The van der Waals surface area contributed by atoms with Crippen molar-refractivity contribution in [2.75, 3.05) is 13.2 Å². The zero-order valence-corrected chi connectivity index (χ0v) is 31.9. The van der Waals surface area contributed by atoms with Gasteiger partial charge in [-0.25, -0.2) is 0 Å². The molecule has 1 aliphatic rings. The number of nitrogens with one attached hydrogen (secondary N) is 1. The van der Waals surface area contributed by atoms with Gasteiger partial charge in [0.25, 0.3) is 0 Å². The molecule has 9 nitrogen and oxygen atoms in total. The fraction of sp³-hybridized carbons (Fsp3) is 0.878. The first-order valence-corrected chi connectivity index (χ1v) is 20.6. The average Bonchev–Trinajstić information content (AvgIpc) is 3.11. The highest BCUT2D eigenvalue weighted by atomic mass is 16.7. The van der Waals surface area contributed by atoms with E-state index >= 15 is 0 Å². The Hall–Kier alpha value is -1.33. The van der Waals surface area contributed by atoms with Crippen LogP contribution in [0.2, 0.25) is 0 Å². The lowest BCUT2D eigenvalue weighted by Gasteiger charge is -2.40. The van der Waals surface area contributed by atoms with E-state index in [0.717, 1.165) is 57.8 Å². The largest absolute Gasteiger partial charge is 0.394 e. The van der Waals surface area contributed by atoms with Crippen molar-refractivity contribution in [3.05, 3.63) is 24.3 Å². The zero-order chi connectivity index (χ0) is 36.7. The maximum absolute atomic E-state index is 12.9. The van der Waals surface area contributed by atoms with E-state index in [1.165, 1.54) is 96.3 Å². The minimum absolute atomic E-state index is 0.188. The number of allylic oxidation sites excluding steroid dienone is 3. The van der Waals surface area contributed by atoms with Gasteiger partial charge in [-0.2, -0.15) is 0 Å². The average molecular weight is 712 g/mol. The van der Waals surface area contributed by atoms with Crippen LogP contribution in [0.15, 0.2) is 24.3 Å². The molecule has 0 spiro atoms. The Labute approximate surface area is 305 Å². The second kappa shape index (κ2) is 32.3. The highest BCUT2D eigenvalue weighted by molar-refractivity contribution is 5.76. The van der Waals surface area contributed by atoms with Gasteiger partial charge in [0.1, 0.15) is 24.4 Å². The molecule has 0 aromatic rings. The van der Waals surface area contributed by atoms with Crippen LogP contribution >= 0.6 is 0 Å². The molecule has 0 aromatic carbocycles. The smallest absolute Gasteiger partial charge is 0.220 e. The summed E-state index contributed by atoms with van der Waals surface area (Å²) in [7, 11) is 0. The molecule has 1 fully saturated rings. The molecule has 0 saturated carbocycles. The lowest BCUT2D eigenvalue weighted by atomic mass is 9.99. The molecule has 1 aliphatic heterocycles. The number of carbonyl (C=O) groups is 1. The number of amides is 1. The van der Waals surface area contributed by atoms with Gasteiger partial charge in [-0.15, -0.1) is 0 Å². The summed E-state index contributed by atoms with van der Waals surface area (Å²) in [5.41, 5.74) is 0. The fourth-order valence-electron chi connectivity index (χ4n) is 6.38. The molecule has 9 heteroatoms. The number of ether oxygens (including phenoxy) is 2. The lowest BCUT2D eigenvalue weighted by Crippen LogP contribution is -2.60. The SMILES string of the molecule is CCCCCC/C=C\CCCCCCCC(=O)NC(COC1OC(CO)C(O)C(O)C1O)C(O)/C=C/CCCCCCCCCCCCCC. The highest BCUT2D eigenvalue weighted by Crippen LogP contribution is 2.22. The van der Waals surface area contributed by atoms with E-state index in [2.05, 4.69) is 31.3 Å². The Morgan fingerprint density at radius 2 is 1.12 bits per heavy atom. The number of unbranched alkanes of at least 4 members (excludes halogenated alkanes) is 21. The van der Waals surface area contributed by atoms with Crippen molar-refractivity contribution >= 4 is 5.91 Å². The van der Waals surface area contributed by atoms with Gasteiger partial charge < -0.3 is 40.3 Å². The second-order valence-corrected chi connectivity index (χ2v) is 14.4. The molecule has 1 amide bonds. The molecule has 1 heterocycles. The standard InChI is InChI=1S/C41H77NO8/c1-3-5-7-9-11-13-15-17-19-20-22-24-26-28-30-35(44)34(33-49-41-40(48)39(47)38(46)36(32-43)50-41)42-37(45)31-29-27-25-23-21-18-16-14-12-10-8-6-4-2/h14,16,28,30,34-36,38-41,43-44,46-48H,3-13,15,17-27,29,31-33H2,1-2H3,(H,42,45)/b16-14-,30-28+. The molecule has 0 aliphatic carbocycles. The van der Waals surface area contributed by atoms with Crippen LogP contribution in [0.5, 0.6) is 0 Å². The first-order valence-electron chi connectivity index (χ1n) is 20.6. The van der Waals surface area contributed by atoms with Crippen LogP contribution in [0.1, 0.15) is 174 Å². The van der Waals surface area contributed by atoms with Gasteiger partial charge in [0.2, 0.25) is 5.91 Å². The topological polar surface area (TPSA) is 149 Å². The van der Waals surface area contributed by atoms with E-state index in [1.807, 2.05) is 6.08 Å². The van der Waals surface area contributed by atoms with Crippen molar-refractivity contribution in [2.45, 2.75) is 217 Å². The lowest BCUT2D eigenvalue weighted by molar-refractivity contribution is -0.302. The molecule has 0 radical (unpaired) electrons. The molecule has 7 unspecified atom stereocenters. The maximum Gasteiger partial charge on any atom is 0.220 e. The first kappa shape index (κ1) is 46.7. The van der Waals surface area contributed by atoms with E-state index in [-0.39, 0.29) is 12.5 Å². The van der Waals surface area contributed by atoms with Crippen LogP contribution in [-0.2, 0) is 14.3 Å². The summed E-state index contributed by atoms with van der Waals surface area (Å²) in [6.45, 7) is 3.73. The van der Waals surface area contributed by atoms with Crippen LogP contribution < -0.4 is 5.32 Å². The van der Waals surface area contributed by atoms with Gasteiger partial charge in [-0.3, -0.25) is 4.79 Å². The van der Waals surface area contributed by atoms with Gasteiger partial charge in [0, 0.05) is 6.42 Å². The van der Waals surface area contributed by atoms with E-state index in [0.29, 0.717) is 6.42 Å². The molecule has 50 heavy (non-hydrogen) atoms. The summed E-state index contributed by atoms with van der Waals surface area (Å²) in [5.74, 6) is -0.188. The Balaban J connectivity index is 2.44. The number of carbonyl (C=O) groups excluding carboxylic acids is 1. The molecule has 1 saturated heterocycles. The van der Waals surface area contributed by atoms with E-state index in [9.17, 15) is 30.3 Å². The quantitative estimate of drug-likeness (QED) is 0.0302. The van der Waals surface area contributed by atoms with E-state index in [1.54, 1.807) is 6.08 Å². The number of hydrogen-bond donors (Lipinski definition) is 6. The number of hydrogen-bond acceptors (Lipinski definition) is 8. The van der Waals surface area contributed by atoms with Crippen molar-refractivity contribution in [3.8, 4) is 0 Å². The maximum atomic E-state index is 12.9. The van der Waals surface area contributed by atoms with Crippen LogP contribution in [-0.4, -0.2) is 87.5 Å².